The van der Waals surface area contributed by atoms with Gasteiger partial charge in [-0.05, 0) is 13.3 Å². The van der Waals surface area contributed by atoms with Crippen LogP contribution >= 0.6 is 0 Å². The average Bonchev–Trinajstić information content (AvgIpc) is 3.23. The zero-order valence-electron chi connectivity index (χ0n) is 14.4. The third-order valence-corrected chi connectivity index (χ3v) is 7.08. The van der Waals surface area contributed by atoms with E-state index in [1.807, 2.05) is 0 Å². The third kappa shape index (κ3) is 1.83. The lowest BCUT2D eigenvalue weighted by atomic mass is 9.67. The van der Waals surface area contributed by atoms with Gasteiger partial charge in [0.1, 0.15) is 17.5 Å². The van der Waals surface area contributed by atoms with Crippen LogP contribution in [0.1, 0.15) is 19.8 Å². The number of fused-ring (bicyclic) bond motifs is 1. The van der Waals surface area contributed by atoms with Crippen molar-refractivity contribution < 1.29 is 49.5 Å². The molecular formula is C16H15F3O8S. The Hall–Kier alpha value is -1.63. The van der Waals surface area contributed by atoms with Gasteiger partial charge in [0, 0.05) is 12.5 Å². The lowest BCUT2D eigenvalue weighted by molar-refractivity contribution is -0.247. The molecule has 1 saturated carbocycles. The molecule has 154 valence electrons. The molecule has 0 aromatic carbocycles. The Labute approximate surface area is 157 Å². The highest BCUT2D eigenvalue weighted by molar-refractivity contribution is 7.87. The van der Waals surface area contributed by atoms with Crippen LogP contribution in [0.5, 0.6) is 0 Å². The number of carbonyl (C=O) groups excluding carboxylic acids is 1. The summed E-state index contributed by atoms with van der Waals surface area (Å²) in [6.45, 7) is 1.53. The van der Waals surface area contributed by atoms with Crippen LogP contribution in [0.15, 0.2) is 24.0 Å². The molecule has 12 heteroatoms. The van der Waals surface area contributed by atoms with Crippen LogP contribution in [0, 0.1) is 5.41 Å². The van der Waals surface area contributed by atoms with Gasteiger partial charge in [0.25, 0.3) is 0 Å². The molecule has 3 fully saturated rings. The fourth-order valence-electron chi connectivity index (χ4n) is 4.97. The van der Waals surface area contributed by atoms with Crippen molar-refractivity contribution >= 4 is 16.1 Å². The van der Waals surface area contributed by atoms with Crippen molar-refractivity contribution in [3.05, 3.63) is 24.0 Å². The number of ether oxygens (including phenoxy) is 4. The molecule has 4 atom stereocenters. The molecule has 28 heavy (non-hydrogen) atoms. The molecule has 1 aliphatic carbocycles. The normalized spacial score (nSPS) is 43.1. The zero-order chi connectivity index (χ0) is 20.2. The van der Waals surface area contributed by atoms with Gasteiger partial charge in [0.05, 0.1) is 13.2 Å². The van der Waals surface area contributed by atoms with Crippen molar-refractivity contribution in [1.82, 2.24) is 0 Å². The second-order valence-corrected chi connectivity index (χ2v) is 9.09. The lowest BCUT2D eigenvalue weighted by Gasteiger charge is -2.47. The molecule has 6 rings (SSSR count). The van der Waals surface area contributed by atoms with E-state index < -0.39 is 55.9 Å². The molecule has 0 radical (unpaired) electrons. The van der Waals surface area contributed by atoms with Gasteiger partial charge in [-0.15, -0.1) is 0 Å². The summed E-state index contributed by atoms with van der Waals surface area (Å²) < 4.78 is 90.4. The largest absolute Gasteiger partial charge is 0.534 e. The van der Waals surface area contributed by atoms with E-state index in [0.29, 0.717) is 0 Å². The number of alkyl halides is 3. The van der Waals surface area contributed by atoms with Crippen LogP contribution in [0.4, 0.5) is 13.2 Å². The summed E-state index contributed by atoms with van der Waals surface area (Å²) in [4.78, 5) is 13.3. The summed E-state index contributed by atoms with van der Waals surface area (Å²) in [5.41, 5.74) is -10.9. The van der Waals surface area contributed by atoms with E-state index >= 15 is 0 Å². The van der Waals surface area contributed by atoms with Gasteiger partial charge in [0.15, 0.2) is 11.4 Å². The van der Waals surface area contributed by atoms with Gasteiger partial charge >= 0.3 is 21.6 Å². The van der Waals surface area contributed by atoms with E-state index in [4.69, 9.17) is 18.9 Å². The number of rotatable bonds is 2. The molecule has 0 aromatic rings. The Bertz CT molecular complexity index is 934. The highest BCUT2D eigenvalue weighted by Crippen LogP contribution is 2.69. The van der Waals surface area contributed by atoms with Crippen molar-refractivity contribution in [2.24, 2.45) is 5.41 Å². The maximum absolute atomic E-state index is 13.3. The molecule has 0 amide bonds. The molecule has 3 spiro atoms. The van der Waals surface area contributed by atoms with E-state index in [2.05, 4.69) is 4.18 Å². The molecule has 0 unspecified atom stereocenters. The highest BCUT2D eigenvalue weighted by atomic mass is 32.2. The van der Waals surface area contributed by atoms with Gasteiger partial charge in [-0.1, -0.05) is 12.2 Å². The molecule has 8 nitrogen and oxygen atoms in total. The van der Waals surface area contributed by atoms with Crippen molar-refractivity contribution in [3.63, 3.8) is 0 Å². The maximum Gasteiger partial charge on any atom is 0.534 e. The van der Waals surface area contributed by atoms with Gasteiger partial charge in [-0.3, -0.25) is 4.79 Å². The van der Waals surface area contributed by atoms with Gasteiger partial charge < -0.3 is 23.1 Å². The molecule has 2 saturated heterocycles. The fraction of sp³-hybridized carbons (Fsp3) is 0.688. The smallest absolute Gasteiger partial charge is 0.451 e. The first-order valence-electron chi connectivity index (χ1n) is 8.54. The van der Waals surface area contributed by atoms with Gasteiger partial charge in [-0.2, -0.15) is 21.6 Å². The van der Waals surface area contributed by atoms with Crippen LogP contribution in [-0.2, 0) is 38.0 Å². The quantitative estimate of drug-likeness (QED) is 0.283. The Morgan fingerprint density at radius 2 is 1.89 bits per heavy atom. The van der Waals surface area contributed by atoms with Crippen LogP contribution in [0.3, 0.4) is 0 Å². The SMILES string of the molecule is C[C@]12C=C(OS(=O)(=O)C(F)(F)F)[C@@]3(C(=O)O1)C1(CC[C@]34C=C[C@H]2O4)OCCO1. The third-order valence-electron chi connectivity index (χ3n) is 6.12. The monoisotopic (exact) mass is 424 g/mol. The number of carbonyl (C=O) groups is 1. The Kier molecular flexibility index (Phi) is 3.23. The minimum Gasteiger partial charge on any atom is -0.451 e. The summed E-state index contributed by atoms with van der Waals surface area (Å²) in [5.74, 6) is -3.51. The minimum atomic E-state index is -6.06. The number of hydrogen-bond acceptors (Lipinski definition) is 8. The molecular weight excluding hydrogens is 409 g/mol. The second kappa shape index (κ2) is 4.91. The van der Waals surface area contributed by atoms with Crippen molar-refractivity contribution in [3.8, 4) is 0 Å². The molecule has 0 N–H and O–H groups in total. The van der Waals surface area contributed by atoms with Crippen molar-refractivity contribution in [1.29, 1.82) is 0 Å². The molecule has 6 aliphatic rings. The van der Waals surface area contributed by atoms with E-state index in [1.54, 1.807) is 12.2 Å². The minimum absolute atomic E-state index is 0.0643. The standard InChI is InChI=1S/C16H15F3O8S/c1-12-8-10(27-28(21,22)16(17,18)19)15(11(20)26-12)13(3-2-9(12)25-13)4-5-14(15)23-6-7-24-14/h2-3,8-9H,4-7H2,1H3/t9-,12-,13-,15+/m1/s1. The summed E-state index contributed by atoms with van der Waals surface area (Å²) in [6.07, 6.45) is 3.63. The summed E-state index contributed by atoms with van der Waals surface area (Å²) in [7, 11) is -6.06. The zero-order valence-corrected chi connectivity index (χ0v) is 15.3. The lowest BCUT2D eigenvalue weighted by Crippen LogP contribution is -2.64. The van der Waals surface area contributed by atoms with E-state index in [1.165, 1.54) is 6.92 Å². The van der Waals surface area contributed by atoms with Crippen LogP contribution in [0.25, 0.3) is 0 Å². The van der Waals surface area contributed by atoms with Gasteiger partial charge in [0.2, 0.25) is 5.41 Å². The van der Waals surface area contributed by atoms with Crippen molar-refractivity contribution in [2.45, 2.75) is 48.4 Å². The number of hydrogen-bond donors (Lipinski definition) is 0. The van der Waals surface area contributed by atoms with Crippen LogP contribution in [0.2, 0.25) is 0 Å². The maximum atomic E-state index is 13.3. The van der Waals surface area contributed by atoms with Gasteiger partial charge in [-0.25, -0.2) is 0 Å². The molecule has 4 bridgehead atoms. The molecule has 0 aromatic heterocycles. The Morgan fingerprint density at radius 3 is 2.54 bits per heavy atom. The number of esters is 1. The Balaban J connectivity index is 1.78. The van der Waals surface area contributed by atoms with E-state index in [0.717, 1.165) is 6.08 Å². The first kappa shape index (κ1) is 18.4. The van der Waals surface area contributed by atoms with Crippen LogP contribution < -0.4 is 0 Å². The summed E-state index contributed by atoms with van der Waals surface area (Å²) >= 11 is 0. The summed E-state index contributed by atoms with van der Waals surface area (Å²) in [6, 6.07) is 0. The second-order valence-electron chi connectivity index (χ2n) is 7.55. The summed E-state index contributed by atoms with van der Waals surface area (Å²) in [5, 5.41) is 0. The number of halogens is 3. The predicted molar refractivity (Wildman–Crippen MR) is 81.7 cm³/mol. The van der Waals surface area contributed by atoms with E-state index in [-0.39, 0.29) is 26.1 Å². The predicted octanol–water partition coefficient (Wildman–Crippen LogP) is 1.28. The van der Waals surface area contributed by atoms with E-state index in [9.17, 15) is 26.4 Å². The first-order chi connectivity index (χ1) is 12.9. The Morgan fingerprint density at radius 1 is 1.21 bits per heavy atom. The van der Waals surface area contributed by atoms with Crippen molar-refractivity contribution in [2.75, 3.05) is 13.2 Å². The average molecular weight is 424 g/mol. The fourth-order valence-corrected chi connectivity index (χ4v) is 5.47. The first-order valence-corrected chi connectivity index (χ1v) is 9.95. The molecule has 5 aliphatic heterocycles. The highest BCUT2D eigenvalue weighted by Gasteiger charge is 2.84. The molecule has 5 heterocycles. The van der Waals surface area contributed by atoms with Crippen LogP contribution in [-0.4, -0.2) is 56.2 Å². The topological polar surface area (TPSA) is 97.4 Å².